The maximum atomic E-state index is 13.0. The number of benzene rings is 2. The van der Waals surface area contributed by atoms with Crippen LogP contribution < -0.4 is 0 Å². The predicted molar refractivity (Wildman–Crippen MR) is 92.0 cm³/mol. The van der Waals surface area contributed by atoms with Crippen molar-refractivity contribution in [2.24, 2.45) is 5.41 Å². The zero-order chi connectivity index (χ0) is 18.4. The zero-order valence-corrected chi connectivity index (χ0v) is 14.8. The van der Waals surface area contributed by atoms with Crippen LogP contribution in [-0.2, 0) is 14.6 Å². The van der Waals surface area contributed by atoms with Gasteiger partial charge in [-0.2, -0.15) is 5.26 Å². The van der Waals surface area contributed by atoms with Crippen molar-refractivity contribution in [3.8, 4) is 6.07 Å². The normalized spacial score (nSPS) is 25.2. The highest BCUT2D eigenvalue weighted by Crippen LogP contribution is 2.64. The summed E-state index contributed by atoms with van der Waals surface area (Å²) in [6.45, 7) is 1.82. The Hall–Kier alpha value is -2.36. The van der Waals surface area contributed by atoms with Crippen molar-refractivity contribution in [2.45, 2.75) is 23.0 Å². The van der Waals surface area contributed by atoms with Crippen LogP contribution in [0.2, 0.25) is 5.02 Å². The SMILES string of the molecule is Cc1ccc(S(=O)(=O)[C@@H]2[C@@H](c3cccc(Cl)c3)[C@@]2(C#N)C(=O)O)cc1. The summed E-state index contributed by atoms with van der Waals surface area (Å²) in [5.74, 6) is -2.42. The minimum absolute atomic E-state index is 0.00787. The van der Waals surface area contributed by atoms with Crippen molar-refractivity contribution < 1.29 is 18.3 Å². The number of hydrogen-bond acceptors (Lipinski definition) is 4. The molecule has 0 aromatic heterocycles. The van der Waals surface area contributed by atoms with Gasteiger partial charge in [0.15, 0.2) is 15.3 Å². The molecule has 1 aliphatic carbocycles. The van der Waals surface area contributed by atoms with Gasteiger partial charge < -0.3 is 5.11 Å². The van der Waals surface area contributed by atoms with Gasteiger partial charge in [-0.1, -0.05) is 41.4 Å². The summed E-state index contributed by atoms with van der Waals surface area (Å²) >= 11 is 5.95. The fourth-order valence-corrected chi connectivity index (χ4v) is 5.68. The number of carboxylic acids is 1. The average molecular weight is 376 g/mol. The van der Waals surface area contributed by atoms with E-state index in [0.29, 0.717) is 10.6 Å². The van der Waals surface area contributed by atoms with E-state index < -0.39 is 32.4 Å². The van der Waals surface area contributed by atoms with Crippen LogP contribution in [-0.4, -0.2) is 24.7 Å². The highest BCUT2D eigenvalue weighted by atomic mass is 35.5. The standard InChI is InChI=1S/C18H14ClNO4S/c1-11-5-7-14(8-6-11)25(23,24)16-15(18(16,10-20)17(21)22)12-3-2-4-13(19)9-12/h2-9,15-16H,1H3,(H,21,22)/t15-,16-,18-/m1/s1. The van der Waals surface area contributed by atoms with Gasteiger partial charge in [-0.15, -0.1) is 0 Å². The quantitative estimate of drug-likeness (QED) is 0.885. The van der Waals surface area contributed by atoms with Crippen LogP contribution in [0, 0.1) is 23.7 Å². The monoisotopic (exact) mass is 375 g/mol. The zero-order valence-electron chi connectivity index (χ0n) is 13.2. The summed E-state index contributed by atoms with van der Waals surface area (Å²) in [6, 6.07) is 14.2. The lowest BCUT2D eigenvalue weighted by Gasteiger charge is -2.05. The van der Waals surface area contributed by atoms with Crippen LogP contribution in [0.3, 0.4) is 0 Å². The Morgan fingerprint density at radius 3 is 2.40 bits per heavy atom. The van der Waals surface area contributed by atoms with Gasteiger partial charge in [0.25, 0.3) is 0 Å². The van der Waals surface area contributed by atoms with Crippen LogP contribution in [0.15, 0.2) is 53.4 Å². The lowest BCUT2D eigenvalue weighted by Crippen LogP contribution is -2.22. The molecule has 0 unspecified atom stereocenters. The van der Waals surface area contributed by atoms with Gasteiger partial charge >= 0.3 is 5.97 Å². The number of carbonyl (C=O) groups is 1. The van der Waals surface area contributed by atoms with Crippen molar-refractivity contribution in [3.63, 3.8) is 0 Å². The molecule has 0 heterocycles. The molecule has 1 N–H and O–H groups in total. The van der Waals surface area contributed by atoms with Gasteiger partial charge in [-0.25, -0.2) is 8.42 Å². The number of aliphatic carboxylic acids is 1. The largest absolute Gasteiger partial charge is 0.480 e. The van der Waals surface area contributed by atoms with Gasteiger partial charge in [-0.3, -0.25) is 4.79 Å². The van der Waals surface area contributed by atoms with E-state index in [1.165, 1.54) is 18.2 Å². The Morgan fingerprint density at radius 2 is 1.88 bits per heavy atom. The van der Waals surface area contributed by atoms with Crippen LogP contribution >= 0.6 is 11.6 Å². The van der Waals surface area contributed by atoms with E-state index in [9.17, 15) is 23.6 Å². The fraction of sp³-hybridized carbons (Fsp3) is 0.222. The van der Waals surface area contributed by atoms with Crippen LogP contribution in [0.25, 0.3) is 0 Å². The molecule has 128 valence electrons. The molecule has 0 saturated heterocycles. The molecule has 25 heavy (non-hydrogen) atoms. The molecule has 7 heteroatoms. The first-order chi connectivity index (χ1) is 11.7. The van der Waals surface area contributed by atoms with Crippen molar-refractivity contribution in [3.05, 3.63) is 64.7 Å². The van der Waals surface area contributed by atoms with E-state index >= 15 is 0 Å². The first kappa shape index (κ1) is 17.5. The number of carboxylic acid groups (broad SMARTS) is 1. The maximum absolute atomic E-state index is 13.0. The summed E-state index contributed by atoms with van der Waals surface area (Å²) < 4.78 is 26.0. The lowest BCUT2D eigenvalue weighted by atomic mass is 10.0. The highest BCUT2D eigenvalue weighted by Gasteiger charge is 2.77. The predicted octanol–water partition coefficient (Wildman–Crippen LogP) is 3.18. The first-order valence-electron chi connectivity index (χ1n) is 7.46. The second kappa shape index (κ2) is 5.87. The third-order valence-corrected chi connectivity index (χ3v) is 7.04. The van der Waals surface area contributed by atoms with Gasteiger partial charge in [0.1, 0.15) is 5.25 Å². The second-order valence-corrected chi connectivity index (χ2v) is 8.60. The number of nitriles is 1. The Morgan fingerprint density at radius 1 is 1.24 bits per heavy atom. The Bertz CT molecular complexity index is 994. The van der Waals surface area contributed by atoms with Crippen LogP contribution in [0.5, 0.6) is 0 Å². The van der Waals surface area contributed by atoms with E-state index in [2.05, 4.69) is 0 Å². The van der Waals surface area contributed by atoms with E-state index in [0.717, 1.165) is 5.56 Å². The molecular formula is C18H14ClNO4S. The molecule has 0 amide bonds. The maximum Gasteiger partial charge on any atom is 0.326 e. The molecule has 3 rings (SSSR count). The molecule has 2 aromatic rings. The van der Waals surface area contributed by atoms with Crippen LogP contribution in [0.1, 0.15) is 17.0 Å². The molecule has 1 fully saturated rings. The van der Waals surface area contributed by atoms with E-state index in [1.54, 1.807) is 36.4 Å². The summed E-state index contributed by atoms with van der Waals surface area (Å²) in [5.41, 5.74) is -0.711. The number of halogens is 1. The molecule has 1 saturated carbocycles. The summed E-state index contributed by atoms with van der Waals surface area (Å²) in [7, 11) is -4.00. The molecule has 0 bridgehead atoms. The number of rotatable bonds is 4. The Balaban J connectivity index is 2.14. The number of hydrogen-bond donors (Lipinski definition) is 1. The molecule has 0 radical (unpaired) electrons. The molecule has 0 spiro atoms. The van der Waals surface area contributed by atoms with Crippen molar-refractivity contribution in [2.75, 3.05) is 0 Å². The Labute approximate surface area is 150 Å². The fourth-order valence-electron chi connectivity index (χ4n) is 3.23. The van der Waals surface area contributed by atoms with Crippen molar-refractivity contribution in [1.82, 2.24) is 0 Å². The Kier molecular flexibility index (Phi) is 4.10. The van der Waals surface area contributed by atoms with Crippen molar-refractivity contribution in [1.29, 1.82) is 5.26 Å². The van der Waals surface area contributed by atoms with Gasteiger partial charge in [0, 0.05) is 10.9 Å². The van der Waals surface area contributed by atoms with Gasteiger partial charge in [0.05, 0.1) is 11.0 Å². The third kappa shape index (κ3) is 2.60. The second-order valence-electron chi connectivity index (χ2n) is 6.10. The lowest BCUT2D eigenvalue weighted by molar-refractivity contribution is -0.141. The smallest absolute Gasteiger partial charge is 0.326 e. The van der Waals surface area contributed by atoms with Gasteiger partial charge in [-0.05, 0) is 36.8 Å². The minimum Gasteiger partial charge on any atom is -0.480 e. The van der Waals surface area contributed by atoms with E-state index in [4.69, 9.17) is 11.6 Å². The number of aryl methyl sites for hydroxylation is 1. The third-order valence-electron chi connectivity index (χ3n) is 4.56. The van der Waals surface area contributed by atoms with E-state index in [-0.39, 0.29) is 4.90 Å². The van der Waals surface area contributed by atoms with Gasteiger partial charge in [0.2, 0.25) is 0 Å². The molecule has 0 aliphatic heterocycles. The summed E-state index contributed by atoms with van der Waals surface area (Å²) in [4.78, 5) is 11.8. The molecular weight excluding hydrogens is 362 g/mol. The molecule has 1 aliphatic rings. The molecule has 5 nitrogen and oxygen atoms in total. The van der Waals surface area contributed by atoms with Crippen molar-refractivity contribution >= 4 is 27.4 Å². The van der Waals surface area contributed by atoms with Crippen LogP contribution in [0.4, 0.5) is 0 Å². The highest BCUT2D eigenvalue weighted by molar-refractivity contribution is 7.92. The van der Waals surface area contributed by atoms with E-state index in [1.807, 2.05) is 6.92 Å². The summed E-state index contributed by atoms with van der Waals surface area (Å²) in [5, 5.41) is 18.1. The topological polar surface area (TPSA) is 95.2 Å². The number of nitrogens with zero attached hydrogens (tertiary/aromatic N) is 1. The summed E-state index contributed by atoms with van der Waals surface area (Å²) in [6.07, 6.45) is 0. The first-order valence-corrected chi connectivity index (χ1v) is 9.38. The minimum atomic E-state index is -4.00. The molecule has 2 aromatic carbocycles. The number of sulfone groups is 1. The molecule has 3 atom stereocenters. The average Bonchev–Trinajstić information content (AvgIpc) is 3.27.